The summed E-state index contributed by atoms with van der Waals surface area (Å²) in [5.41, 5.74) is 0.565. The largest absolute Gasteiger partial charge is 0.355 e. The molecule has 60 valence electrons. The van der Waals surface area contributed by atoms with Gasteiger partial charge in [-0.15, -0.1) is 6.42 Å². The first-order chi connectivity index (χ1) is 6.94. The molecule has 0 aliphatic heterocycles. The highest BCUT2D eigenvalue weighted by Crippen LogP contribution is 2.05. The molecular formula is C10H9NO. The Balaban J connectivity index is 2.98. The maximum absolute atomic E-state index is 11.5. The Morgan fingerprint density at radius 2 is 2.42 bits per heavy atom. The van der Waals surface area contributed by atoms with Gasteiger partial charge in [-0.1, -0.05) is 18.1 Å². The van der Waals surface area contributed by atoms with Crippen LogP contribution in [0, 0.1) is 12.3 Å². The lowest BCUT2D eigenvalue weighted by molar-refractivity contribution is 0.0963. The van der Waals surface area contributed by atoms with Gasteiger partial charge in [0, 0.05) is 16.7 Å². The lowest BCUT2D eigenvalue weighted by Crippen LogP contribution is -2.18. The molecule has 0 spiro atoms. The summed E-state index contributed by atoms with van der Waals surface area (Å²) in [5, 5.41) is 1.88. The van der Waals surface area contributed by atoms with Crippen LogP contribution < -0.4 is 5.32 Å². The summed E-state index contributed by atoms with van der Waals surface area (Å²) in [7, 11) is 0. The van der Waals surface area contributed by atoms with Crippen LogP contribution in [-0.4, -0.2) is 12.9 Å². The number of nitrogens with one attached hydrogen (secondary N) is 1. The van der Waals surface area contributed by atoms with Gasteiger partial charge in [0.25, 0.3) is 5.91 Å². The van der Waals surface area contributed by atoms with Crippen molar-refractivity contribution in [3.63, 3.8) is 0 Å². The van der Waals surface area contributed by atoms with Crippen molar-refractivity contribution in [3.8, 4) is 12.3 Å². The number of hydrogen-bond acceptors (Lipinski definition) is 1. The zero-order valence-electron chi connectivity index (χ0n) is 9.29. The number of hydrogen-bond donors (Lipinski definition) is 1. The summed E-state index contributed by atoms with van der Waals surface area (Å²) in [5.74, 6) is 1.63. The first kappa shape index (κ1) is 5.00. The molecule has 2 nitrogen and oxygen atoms in total. The van der Waals surface area contributed by atoms with Crippen molar-refractivity contribution in [1.82, 2.24) is 5.32 Å². The molecule has 0 atom stereocenters. The van der Waals surface area contributed by atoms with Crippen LogP contribution in [0.25, 0.3) is 0 Å². The van der Waals surface area contributed by atoms with Gasteiger partial charge in [-0.2, -0.15) is 0 Å². The Bertz CT molecular complexity index is 417. The summed E-state index contributed by atoms with van der Waals surface area (Å²) in [6, 6.07) is 6.36. The molecule has 1 amide bonds. The minimum Gasteiger partial charge on any atom is -0.355 e. The highest BCUT2D eigenvalue weighted by molar-refractivity contribution is 5.96. The Labute approximate surface area is 75.8 Å². The summed E-state index contributed by atoms with van der Waals surface area (Å²) < 4.78 is 20.7. The van der Waals surface area contributed by atoms with E-state index in [2.05, 4.69) is 5.92 Å². The van der Waals surface area contributed by atoms with Gasteiger partial charge in [0.2, 0.25) is 0 Å². The smallest absolute Gasteiger partial charge is 0.252 e. The molecule has 0 aliphatic rings. The van der Waals surface area contributed by atoms with Crippen molar-refractivity contribution < 1.29 is 8.91 Å². The van der Waals surface area contributed by atoms with Crippen molar-refractivity contribution in [2.75, 3.05) is 6.98 Å². The number of carbonyl (C=O) groups excluding carboxylic acids is 1. The van der Waals surface area contributed by atoms with Crippen LogP contribution >= 0.6 is 0 Å². The van der Waals surface area contributed by atoms with E-state index < -0.39 is 12.9 Å². The zero-order chi connectivity index (χ0) is 11.5. The molecule has 2 heteroatoms. The molecule has 0 aliphatic carbocycles. The molecule has 0 saturated heterocycles. The molecule has 1 rings (SSSR count). The second kappa shape index (κ2) is 3.59. The van der Waals surface area contributed by atoms with Crippen LogP contribution in [0.1, 0.15) is 20.0 Å². The maximum atomic E-state index is 11.5. The molecule has 0 radical (unpaired) electrons. The van der Waals surface area contributed by atoms with Crippen LogP contribution in [0.5, 0.6) is 0 Å². The number of terminal acetylenes is 1. The number of rotatable bonds is 1. The van der Waals surface area contributed by atoms with E-state index in [4.69, 9.17) is 10.5 Å². The summed E-state index contributed by atoms with van der Waals surface area (Å²) in [4.78, 5) is 11.5. The van der Waals surface area contributed by atoms with Gasteiger partial charge in [-0.3, -0.25) is 4.79 Å². The molecular weight excluding hydrogens is 150 g/mol. The third kappa shape index (κ3) is 1.46. The highest BCUT2D eigenvalue weighted by atomic mass is 16.1. The third-order valence-electron chi connectivity index (χ3n) is 1.44. The predicted octanol–water partition coefficient (Wildman–Crippen LogP) is 1.03. The maximum Gasteiger partial charge on any atom is 0.252 e. The van der Waals surface area contributed by atoms with Crippen molar-refractivity contribution in [3.05, 3.63) is 35.4 Å². The Morgan fingerprint density at radius 1 is 1.67 bits per heavy atom. The Morgan fingerprint density at radius 3 is 3.08 bits per heavy atom. The molecule has 0 saturated carbocycles. The fourth-order valence-corrected chi connectivity index (χ4v) is 0.874. The van der Waals surface area contributed by atoms with E-state index in [1.807, 2.05) is 5.32 Å². The molecule has 0 bridgehead atoms. The summed E-state index contributed by atoms with van der Waals surface area (Å²) in [6.45, 7) is -2.50. The number of amides is 1. The van der Waals surface area contributed by atoms with Crippen molar-refractivity contribution in [2.45, 2.75) is 0 Å². The molecule has 0 fully saturated rings. The van der Waals surface area contributed by atoms with Gasteiger partial charge in [-0.05, 0) is 12.1 Å². The average Bonchev–Trinajstić information content (AvgIpc) is 2.15. The van der Waals surface area contributed by atoms with Crippen LogP contribution in [0.2, 0.25) is 0 Å². The first-order valence-corrected chi connectivity index (χ1v) is 3.32. The molecule has 0 unspecified atom stereocenters. The van der Waals surface area contributed by atoms with Crippen molar-refractivity contribution >= 4 is 5.91 Å². The van der Waals surface area contributed by atoms with Gasteiger partial charge in [0.15, 0.2) is 0 Å². The van der Waals surface area contributed by atoms with E-state index >= 15 is 0 Å². The van der Waals surface area contributed by atoms with E-state index in [9.17, 15) is 4.79 Å². The molecule has 1 aromatic rings. The Hall–Kier alpha value is -1.75. The topological polar surface area (TPSA) is 29.1 Å². The summed E-state index contributed by atoms with van der Waals surface area (Å²) in [6.07, 6.45) is 5.18. The van der Waals surface area contributed by atoms with Gasteiger partial charge in [0.1, 0.15) is 0 Å². The Kier molecular flexibility index (Phi) is 1.49. The summed E-state index contributed by atoms with van der Waals surface area (Å²) >= 11 is 0. The number of carbonyl (C=O) groups is 1. The van der Waals surface area contributed by atoms with Gasteiger partial charge in [-0.25, -0.2) is 0 Å². The van der Waals surface area contributed by atoms with Crippen molar-refractivity contribution in [1.29, 1.82) is 0 Å². The van der Waals surface area contributed by atoms with E-state index in [0.29, 0.717) is 5.56 Å². The predicted molar refractivity (Wildman–Crippen MR) is 47.8 cm³/mol. The van der Waals surface area contributed by atoms with Crippen LogP contribution in [0.15, 0.2) is 24.3 Å². The quantitative estimate of drug-likeness (QED) is 0.614. The third-order valence-corrected chi connectivity index (χ3v) is 1.44. The normalized spacial score (nSPS) is 13.4. The fraction of sp³-hybridized carbons (Fsp3) is 0.100. The molecule has 1 N–H and O–H groups in total. The van der Waals surface area contributed by atoms with Crippen molar-refractivity contribution in [2.24, 2.45) is 0 Å². The highest BCUT2D eigenvalue weighted by Gasteiger charge is 2.05. The first-order valence-electron chi connectivity index (χ1n) is 4.82. The lowest BCUT2D eigenvalue weighted by atomic mass is 10.1. The second-order valence-corrected chi connectivity index (χ2v) is 2.14. The standard InChI is InChI=1S/C10H9NO/c1-3-8-6-4-5-7-9(8)10(12)11-2/h1,4-7H,2H3,(H,11,12)/i2D3. The van der Waals surface area contributed by atoms with Crippen LogP contribution in [0.3, 0.4) is 0 Å². The van der Waals surface area contributed by atoms with Crippen LogP contribution in [0.4, 0.5) is 0 Å². The average molecular weight is 162 g/mol. The molecule has 0 aromatic heterocycles. The number of benzene rings is 1. The van der Waals surface area contributed by atoms with Gasteiger partial charge >= 0.3 is 0 Å². The van der Waals surface area contributed by atoms with Gasteiger partial charge < -0.3 is 5.32 Å². The van der Waals surface area contributed by atoms with Gasteiger partial charge in [0.05, 0.1) is 5.56 Å². The SMILES string of the molecule is [2H]C([2H])([2H])NC(=O)c1ccccc1C#C. The van der Waals surface area contributed by atoms with E-state index in [1.165, 1.54) is 6.07 Å². The molecule has 12 heavy (non-hydrogen) atoms. The van der Waals surface area contributed by atoms with E-state index in [-0.39, 0.29) is 5.56 Å². The van der Waals surface area contributed by atoms with Crippen LogP contribution in [-0.2, 0) is 0 Å². The molecule has 0 heterocycles. The zero-order valence-corrected chi connectivity index (χ0v) is 6.29. The van der Waals surface area contributed by atoms with E-state index in [1.54, 1.807) is 18.2 Å². The molecule has 1 aromatic carbocycles. The second-order valence-electron chi connectivity index (χ2n) is 2.14. The lowest BCUT2D eigenvalue weighted by Gasteiger charge is -2.01. The fourth-order valence-electron chi connectivity index (χ4n) is 0.874. The monoisotopic (exact) mass is 162 g/mol. The van der Waals surface area contributed by atoms with E-state index in [0.717, 1.165) is 0 Å². The minimum atomic E-state index is -2.50. The minimum absolute atomic E-state index is 0.191.